The van der Waals surface area contributed by atoms with E-state index in [1.165, 1.54) is 11.8 Å². The van der Waals surface area contributed by atoms with Crippen molar-refractivity contribution in [2.75, 3.05) is 24.8 Å². The van der Waals surface area contributed by atoms with Crippen molar-refractivity contribution in [1.29, 1.82) is 0 Å². The smallest absolute Gasteiger partial charge is 0.340 e. The highest BCUT2D eigenvalue weighted by Gasteiger charge is 2.14. The van der Waals surface area contributed by atoms with Crippen molar-refractivity contribution in [2.45, 2.75) is 11.9 Å². The van der Waals surface area contributed by atoms with Gasteiger partial charge in [0.25, 0.3) is 0 Å². The fourth-order valence-electron chi connectivity index (χ4n) is 2.62. The Labute approximate surface area is 178 Å². The van der Waals surface area contributed by atoms with E-state index in [1.807, 2.05) is 36.4 Å². The minimum absolute atomic E-state index is 0.133. The summed E-state index contributed by atoms with van der Waals surface area (Å²) in [6.45, 7) is 2.00. The van der Waals surface area contributed by atoms with E-state index in [0.29, 0.717) is 16.3 Å². The van der Waals surface area contributed by atoms with Gasteiger partial charge in [-0.2, -0.15) is 0 Å². The number of ether oxygens (including phenoxy) is 2. The Balaban J connectivity index is 1.58. The third-order valence-electron chi connectivity index (χ3n) is 4.07. The fraction of sp³-hybridized carbons (Fsp3) is 0.182. The second kappa shape index (κ2) is 10.4. The van der Waals surface area contributed by atoms with Crippen molar-refractivity contribution in [3.63, 3.8) is 0 Å². The lowest BCUT2D eigenvalue weighted by atomic mass is 10.1. The van der Waals surface area contributed by atoms with Gasteiger partial charge in [-0.1, -0.05) is 23.9 Å². The van der Waals surface area contributed by atoms with Crippen molar-refractivity contribution in [2.24, 2.45) is 0 Å². The van der Waals surface area contributed by atoms with E-state index in [9.17, 15) is 9.59 Å². The Morgan fingerprint density at radius 1 is 1.00 bits per heavy atom. The van der Waals surface area contributed by atoms with Crippen LogP contribution in [0.4, 0.5) is 5.69 Å². The van der Waals surface area contributed by atoms with E-state index in [2.05, 4.69) is 15.5 Å². The zero-order valence-corrected chi connectivity index (χ0v) is 17.4. The van der Waals surface area contributed by atoms with Crippen molar-refractivity contribution in [1.82, 2.24) is 10.2 Å². The Kier molecular flexibility index (Phi) is 7.40. The molecule has 1 heterocycles. The molecule has 0 radical (unpaired) electrons. The standard InChI is InChI=1S/C22H21N3O4S/c1-3-29-22(27)17-6-4-5-7-19(17)23-20(26)14-30-21-13-12-18(24-25-21)15-8-10-16(28-2)11-9-15/h4-13H,3,14H2,1-2H3,(H,23,26). The Morgan fingerprint density at radius 2 is 1.77 bits per heavy atom. The molecule has 2 aromatic carbocycles. The van der Waals surface area contributed by atoms with Crippen LogP contribution in [-0.4, -0.2) is 41.5 Å². The van der Waals surface area contributed by atoms with Gasteiger partial charge in [0.2, 0.25) is 5.91 Å². The number of esters is 1. The number of hydrogen-bond acceptors (Lipinski definition) is 7. The molecule has 0 atom stereocenters. The molecular weight excluding hydrogens is 402 g/mol. The van der Waals surface area contributed by atoms with Gasteiger partial charge in [0.05, 0.1) is 36.4 Å². The van der Waals surface area contributed by atoms with E-state index in [-0.39, 0.29) is 18.3 Å². The SMILES string of the molecule is CCOC(=O)c1ccccc1NC(=O)CSc1ccc(-c2ccc(OC)cc2)nn1. The molecule has 0 saturated carbocycles. The summed E-state index contributed by atoms with van der Waals surface area (Å²) in [4.78, 5) is 24.3. The molecule has 0 fully saturated rings. The van der Waals surface area contributed by atoms with E-state index in [4.69, 9.17) is 9.47 Å². The van der Waals surface area contributed by atoms with Gasteiger partial charge in [-0.3, -0.25) is 4.79 Å². The normalized spacial score (nSPS) is 10.3. The van der Waals surface area contributed by atoms with Gasteiger partial charge >= 0.3 is 5.97 Å². The molecule has 30 heavy (non-hydrogen) atoms. The number of nitrogens with one attached hydrogen (secondary N) is 1. The summed E-state index contributed by atoms with van der Waals surface area (Å²) in [5.41, 5.74) is 2.40. The number of benzene rings is 2. The van der Waals surface area contributed by atoms with Gasteiger partial charge in [0.1, 0.15) is 10.8 Å². The first kappa shape index (κ1) is 21.3. The van der Waals surface area contributed by atoms with Crippen LogP contribution in [0, 0.1) is 0 Å². The molecule has 154 valence electrons. The second-order valence-electron chi connectivity index (χ2n) is 6.09. The molecule has 0 saturated heterocycles. The highest BCUT2D eigenvalue weighted by Crippen LogP contribution is 2.23. The average Bonchev–Trinajstić information content (AvgIpc) is 2.78. The number of nitrogens with zero attached hydrogens (tertiary/aromatic N) is 2. The summed E-state index contributed by atoms with van der Waals surface area (Å²) in [6, 6.07) is 17.9. The van der Waals surface area contributed by atoms with Crippen molar-refractivity contribution in [3.05, 3.63) is 66.2 Å². The first-order valence-electron chi connectivity index (χ1n) is 9.27. The number of aromatic nitrogens is 2. The summed E-state index contributed by atoms with van der Waals surface area (Å²) in [7, 11) is 1.62. The quantitative estimate of drug-likeness (QED) is 0.432. The maximum atomic E-state index is 12.3. The molecule has 7 nitrogen and oxygen atoms in total. The Hall–Kier alpha value is -3.39. The largest absolute Gasteiger partial charge is 0.497 e. The summed E-state index contributed by atoms with van der Waals surface area (Å²) < 4.78 is 10.2. The van der Waals surface area contributed by atoms with Crippen LogP contribution in [0.15, 0.2) is 65.7 Å². The number of carbonyl (C=O) groups is 2. The molecule has 1 aromatic heterocycles. The molecule has 3 rings (SSSR count). The van der Waals surface area contributed by atoms with Crippen LogP contribution < -0.4 is 10.1 Å². The minimum Gasteiger partial charge on any atom is -0.497 e. The van der Waals surface area contributed by atoms with E-state index in [0.717, 1.165) is 17.0 Å². The number of para-hydroxylation sites is 1. The predicted molar refractivity (Wildman–Crippen MR) is 116 cm³/mol. The highest BCUT2D eigenvalue weighted by atomic mass is 32.2. The molecule has 3 aromatic rings. The summed E-state index contributed by atoms with van der Waals surface area (Å²) in [6.07, 6.45) is 0. The molecule has 0 spiro atoms. The van der Waals surface area contributed by atoms with Gasteiger partial charge in [-0.25, -0.2) is 4.79 Å². The second-order valence-corrected chi connectivity index (χ2v) is 7.08. The molecule has 0 bridgehead atoms. The molecule has 0 unspecified atom stereocenters. The fourth-order valence-corrected chi connectivity index (χ4v) is 3.23. The molecule has 0 aliphatic rings. The maximum Gasteiger partial charge on any atom is 0.340 e. The summed E-state index contributed by atoms with van der Waals surface area (Å²) >= 11 is 1.26. The van der Waals surface area contributed by atoms with E-state index >= 15 is 0 Å². The van der Waals surface area contributed by atoms with Crippen molar-refractivity contribution >= 4 is 29.3 Å². The maximum absolute atomic E-state index is 12.3. The van der Waals surface area contributed by atoms with Crippen molar-refractivity contribution < 1.29 is 19.1 Å². The zero-order chi connectivity index (χ0) is 21.3. The number of carbonyl (C=O) groups excluding carboxylic acids is 2. The van der Waals surface area contributed by atoms with E-state index in [1.54, 1.807) is 38.3 Å². The highest BCUT2D eigenvalue weighted by molar-refractivity contribution is 7.99. The van der Waals surface area contributed by atoms with Crippen LogP contribution in [0.3, 0.4) is 0 Å². The first-order valence-corrected chi connectivity index (χ1v) is 10.3. The van der Waals surface area contributed by atoms with E-state index < -0.39 is 5.97 Å². The zero-order valence-electron chi connectivity index (χ0n) is 16.6. The topological polar surface area (TPSA) is 90.4 Å². The molecule has 1 N–H and O–H groups in total. The molecule has 8 heteroatoms. The summed E-state index contributed by atoms with van der Waals surface area (Å²) in [5.74, 6) is 0.182. The monoisotopic (exact) mass is 423 g/mol. The van der Waals surface area contributed by atoms with Gasteiger partial charge in [0, 0.05) is 5.56 Å². The lowest BCUT2D eigenvalue weighted by molar-refractivity contribution is -0.113. The van der Waals surface area contributed by atoms with Gasteiger partial charge in [-0.05, 0) is 55.5 Å². The lowest BCUT2D eigenvalue weighted by Crippen LogP contribution is -2.17. The van der Waals surface area contributed by atoms with Crippen LogP contribution in [0.25, 0.3) is 11.3 Å². The van der Waals surface area contributed by atoms with Crippen LogP contribution in [0.2, 0.25) is 0 Å². The minimum atomic E-state index is -0.471. The van der Waals surface area contributed by atoms with Crippen molar-refractivity contribution in [3.8, 4) is 17.0 Å². The number of amides is 1. The molecule has 0 aliphatic carbocycles. The molecule has 1 amide bonds. The van der Waals surface area contributed by atoms with Crippen LogP contribution in [0.1, 0.15) is 17.3 Å². The first-order chi connectivity index (χ1) is 14.6. The van der Waals surface area contributed by atoms with Gasteiger partial charge in [0.15, 0.2) is 0 Å². The number of thioether (sulfide) groups is 1. The van der Waals surface area contributed by atoms with Crippen LogP contribution in [0.5, 0.6) is 5.75 Å². The number of methoxy groups -OCH3 is 1. The number of rotatable bonds is 8. The lowest BCUT2D eigenvalue weighted by Gasteiger charge is -2.10. The summed E-state index contributed by atoms with van der Waals surface area (Å²) in [5, 5.41) is 11.8. The third kappa shape index (κ3) is 5.57. The van der Waals surface area contributed by atoms with Gasteiger partial charge < -0.3 is 14.8 Å². The average molecular weight is 423 g/mol. The van der Waals surface area contributed by atoms with Gasteiger partial charge in [-0.15, -0.1) is 10.2 Å². The van der Waals surface area contributed by atoms with Crippen LogP contribution in [-0.2, 0) is 9.53 Å². The van der Waals surface area contributed by atoms with Crippen LogP contribution >= 0.6 is 11.8 Å². The number of anilines is 1. The Morgan fingerprint density at radius 3 is 2.43 bits per heavy atom. The predicted octanol–water partition coefficient (Wildman–Crippen LogP) is 4.06. The molecule has 0 aliphatic heterocycles. The Bertz CT molecular complexity index is 1010. The number of hydrogen-bond donors (Lipinski definition) is 1. The third-order valence-corrected chi connectivity index (χ3v) is 4.99. The molecular formula is C22H21N3O4S.